The van der Waals surface area contributed by atoms with Crippen LogP contribution in [0.1, 0.15) is 103 Å². The molecule has 2 aromatic rings. The molecule has 1 aliphatic rings. The Bertz CT molecular complexity index is 879. The number of aryl methyl sites for hydroxylation is 2. The first-order valence-corrected chi connectivity index (χ1v) is 13.2. The summed E-state index contributed by atoms with van der Waals surface area (Å²) in [5.74, 6) is -0.473. The van der Waals surface area contributed by atoms with Crippen molar-refractivity contribution in [3.8, 4) is 0 Å². The van der Waals surface area contributed by atoms with Crippen molar-refractivity contribution < 1.29 is 19.1 Å². The van der Waals surface area contributed by atoms with E-state index in [4.69, 9.17) is 9.47 Å². The number of unbranched alkanes of at least 4 members (excludes halogenated alkanes) is 2. The molecule has 184 valence electrons. The molecule has 1 unspecified atom stereocenters. The van der Waals surface area contributed by atoms with Crippen LogP contribution in [-0.4, -0.2) is 24.6 Å². The summed E-state index contributed by atoms with van der Waals surface area (Å²) in [5, 5.41) is 0. The average molecular weight is 465 g/mol. The van der Waals surface area contributed by atoms with E-state index in [-0.39, 0.29) is 24.5 Å². The van der Waals surface area contributed by atoms with Crippen LogP contribution in [0.3, 0.4) is 0 Å². The van der Waals surface area contributed by atoms with E-state index in [0.717, 1.165) is 64.2 Å². The fraction of sp³-hybridized carbons (Fsp3) is 0.533. The zero-order valence-electron chi connectivity index (χ0n) is 20.9. The van der Waals surface area contributed by atoms with Crippen LogP contribution in [0.4, 0.5) is 0 Å². The van der Waals surface area contributed by atoms with Crippen LogP contribution in [0, 0.1) is 5.92 Å². The quantitative estimate of drug-likeness (QED) is 0.308. The van der Waals surface area contributed by atoms with Crippen molar-refractivity contribution in [3.63, 3.8) is 0 Å². The lowest BCUT2D eigenvalue weighted by Gasteiger charge is -2.29. The zero-order valence-corrected chi connectivity index (χ0v) is 20.9. The first-order chi connectivity index (χ1) is 16.6. The van der Waals surface area contributed by atoms with Gasteiger partial charge in [-0.25, -0.2) is 9.59 Å². The van der Waals surface area contributed by atoms with Gasteiger partial charge < -0.3 is 9.47 Å². The number of carbonyl (C=O) groups is 2. The highest BCUT2D eigenvalue weighted by atomic mass is 16.6. The topological polar surface area (TPSA) is 52.6 Å². The van der Waals surface area contributed by atoms with Gasteiger partial charge in [0.2, 0.25) is 0 Å². The lowest BCUT2D eigenvalue weighted by Crippen LogP contribution is -2.33. The SMILES string of the molecule is CCCCc1ccc(C(=O)OCC(OC(=O)c2ccc(CCCC)cc2)C2CCCCC2)cc1. The first kappa shape index (κ1) is 26.0. The Morgan fingerprint density at radius 2 is 1.26 bits per heavy atom. The molecule has 0 amide bonds. The van der Waals surface area contributed by atoms with Gasteiger partial charge in [-0.05, 0) is 79.8 Å². The third-order valence-corrected chi connectivity index (χ3v) is 6.83. The maximum Gasteiger partial charge on any atom is 0.338 e. The van der Waals surface area contributed by atoms with E-state index in [2.05, 4.69) is 13.8 Å². The molecule has 0 radical (unpaired) electrons. The molecule has 1 saturated carbocycles. The first-order valence-electron chi connectivity index (χ1n) is 13.2. The highest BCUT2D eigenvalue weighted by molar-refractivity contribution is 5.90. The van der Waals surface area contributed by atoms with Crippen molar-refractivity contribution in [2.45, 2.75) is 90.6 Å². The molecule has 3 rings (SSSR count). The Labute approximate surface area is 205 Å². The minimum absolute atomic E-state index is 0.0986. The van der Waals surface area contributed by atoms with Crippen LogP contribution < -0.4 is 0 Å². The Balaban J connectivity index is 1.60. The van der Waals surface area contributed by atoms with Crippen LogP contribution in [0.5, 0.6) is 0 Å². The summed E-state index contributed by atoms with van der Waals surface area (Å²) in [6, 6.07) is 15.3. The maximum absolute atomic E-state index is 12.9. The molecule has 1 aliphatic carbocycles. The maximum atomic E-state index is 12.9. The van der Waals surface area contributed by atoms with Crippen LogP contribution in [0.25, 0.3) is 0 Å². The number of hydrogen-bond donors (Lipinski definition) is 0. The van der Waals surface area contributed by atoms with Crippen molar-refractivity contribution in [1.82, 2.24) is 0 Å². The Morgan fingerprint density at radius 3 is 1.76 bits per heavy atom. The van der Waals surface area contributed by atoms with Crippen LogP contribution in [-0.2, 0) is 22.3 Å². The minimum Gasteiger partial charge on any atom is -0.458 e. The second kappa shape index (κ2) is 13.9. The number of ether oxygens (including phenoxy) is 2. The summed E-state index contributed by atoms with van der Waals surface area (Å²) in [5.41, 5.74) is 3.55. The molecule has 0 aliphatic heterocycles. The third kappa shape index (κ3) is 8.00. The number of carbonyl (C=O) groups excluding carboxylic acids is 2. The largest absolute Gasteiger partial charge is 0.458 e. The van der Waals surface area contributed by atoms with Gasteiger partial charge in [-0.15, -0.1) is 0 Å². The van der Waals surface area contributed by atoms with Crippen molar-refractivity contribution >= 4 is 11.9 Å². The van der Waals surface area contributed by atoms with E-state index in [0.29, 0.717) is 11.1 Å². The molecule has 0 bridgehead atoms. The fourth-order valence-corrected chi connectivity index (χ4v) is 4.60. The molecule has 0 spiro atoms. The van der Waals surface area contributed by atoms with E-state index in [9.17, 15) is 9.59 Å². The fourth-order valence-electron chi connectivity index (χ4n) is 4.60. The summed E-state index contributed by atoms with van der Waals surface area (Å²) < 4.78 is 11.6. The molecule has 4 heteroatoms. The van der Waals surface area contributed by atoms with Crippen molar-refractivity contribution in [1.29, 1.82) is 0 Å². The number of rotatable bonds is 12. The van der Waals surface area contributed by atoms with Gasteiger partial charge in [0.25, 0.3) is 0 Å². The second-order valence-corrected chi connectivity index (χ2v) is 9.54. The van der Waals surface area contributed by atoms with Gasteiger partial charge in [-0.3, -0.25) is 0 Å². The summed E-state index contributed by atoms with van der Waals surface area (Å²) in [7, 11) is 0. The van der Waals surface area contributed by atoms with Gasteiger partial charge in [0.05, 0.1) is 11.1 Å². The standard InChI is InChI=1S/C30H40O4/c1-3-5-10-23-14-18-26(19-15-23)29(31)33-22-28(25-12-8-7-9-13-25)34-30(32)27-20-16-24(17-21-27)11-6-4-2/h14-21,25,28H,3-13,22H2,1-2H3. The number of benzene rings is 2. The zero-order chi connectivity index (χ0) is 24.2. The Hall–Kier alpha value is -2.62. The number of hydrogen-bond acceptors (Lipinski definition) is 4. The summed E-state index contributed by atoms with van der Waals surface area (Å²) in [4.78, 5) is 25.6. The van der Waals surface area contributed by atoms with Crippen LogP contribution in [0.2, 0.25) is 0 Å². The van der Waals surface area contributed by atoms with Crippen LogP contribution >= 0.6 is 0 Å². The van der Waals surface area contributed by atoms with E-state index in [1.807, 2.05) is 48.5 Å². The van der Waals surface area contributed by atoms with Crippen LogP contribution in [0.15, 0.2) is 48.5 Å². The molecule has 1 fully saturated rings. The summed E-state index contributed by atoms with van der Waals surface area (Å²) >= 11 is 0. The number of esters is 2. The molecule has 0 saturated heterocycles. The second-order valence-electron chi connectivity index (χ2n) is 9.54. The van der Waals surface area contributed by atoms with Crippen molar-refractivity contribution in [3.05, 3.63) is 70.8 Å². The van der Waals surface area contributed by atoms with Gasteiger partial charge >= 0.3 is 11.9 Å². The smallest absolute Gasteiger partial charge is 0.338 e. The summed E-state index contributed by atoms with van der Waals surface area (Å²) in [6.07, 6.45) is 11.6. The normalized spacial score (nSPS) is 15.0. The van der Waals surface area contributed by atoms with Gasteiger partial charge in [0, 0.05) is 0 Å². The molecule has 2 aromatic carbocycles. The summed E-state index contributed by atoms with van der Waals surface area (Å²) in [6.45, 7) is 4.44. The predicted molar refractivity (Wildman–Crippen MR) is 136 cm³/mol. The third-order valence-electron chi connectivity index (χ3n) is 6.83. The molecule has 0 heterocycles. The average Bonchev–Trinajstić information content (AvgIpc) is 2.89. The molecule has 4 nitrogen and oxygen atoms in total. The molecule has 1 atom stereocenters. The Morgan fingerprint density at radius 1 is 0.765 bits per heavy atom. The van der Waals surface area contributed by atoms with Crippen molar-refractivity contribution in [2.24, 2.45) is 5.92 Å². The molecule has 0 N–H and O–H groups in total. The van der Waals surface area contributed by atoms with Gasteiger partial charge in [0.1, 0.15) is 12.7 Å². The molecular weight excluding hydrogens is 424 g/mol. The highest BCUT2D eigenvalue weighted by Crippen LogP contribution is 2.29. The molecule has 0 aromatic heterocycles. The minimum atomic E-state index is -0.416. The van der Waals surface area contributed by atoms with E-state index in [1.165, 1.54) is 17.5 Å². The van der Waals surface area contributed by atoms with Crippen molar-refractivity contribution in [2.75, 3.05) is 6.61 Å². The van der Waals surface area contributed by atoms with E-state index < -0.39 is 6.10 Å². The lowest BCUT2D eigenvalue weighted by molar-refractivity contribution is -0.0247. The van der Waals surface area contributed by atoms with Gasteiger partial charge in [-0.2, -0.15) is 0 Å². The van der Waals surface area contributed by atoms with E-state index >= 15 is 0 Å². The van der Waals surface area contributed by atoms with Gasteiger partial charge in [0.15, 0.2) is 0 Å². The predicted octanol–water partition coefficient (Wildman–Crippen LogP) is 7.33. The monoisotopic (exact) mass is 464 g/mol. The molecule has 34 heavy (non-hydrogen) atoms. The Kier molecular flexibility index (Phi) is 10.7. The molecular formula is C30H40O4. The highest BCUT2D eigenvalue weighted by Gasteiger charge is 2.29. The van der Waals surface area contributed by atoms with E-state index in [1.54, 1.807) is 0 Å². The lowest BCUT2D eigenvalue weighted by atomic mass is 9.85. The van der Waals surface area contributed by atoms with Gasteiger partial charge in [-0.1, -0.05) is 70.2 Å².